The molecule has 0 bridgehead atoms. The average molecular weight is 287 g/mol. The molecule has 0 spiro atoms. The largest absolute Gasteiger partial charge is 0.490 e. The SMILES string of the molecule is CCN(C(=O)CCOc1ccccc1F)c1ccccc1. The van der Waals surface area contributed by atoms with E-state index < -0.39 is 5.82 Å². The van der Waals surface area contributed by atoms with Crippen molar-refractivity contribution in [1.82, 2.24) is 0 Å². The minimum atomic E-state index is -0.416. The molecule has 21 heavy (non-hydrogen) atoms. The van der Waals surface area contributed by atoms with Crippen LogP contribution in [0, 0.1) is 5.82 Å². The van der Waals surface area contributed by atoms with Crippen LogP contribution in [0.15, 0.2) is 54.6 Å². The van der Waals surface area contributed by atoms with Gasteiger partial charge >= 0.3 is 0 Å². The standard InChI is InChI=1S/C17H18FNO2/c1-2-19(14-8-4-3-5-9-14)17(20)12-13-21-16-11-7-6-10-15(16)18/h3-11H,2,12-13H2,1H3. The zero-order chi connectivity index (χ0) is 15.1. The van der Waals surface area contributed by atoms with Gasteiger partial charge in [-0.2, -0.15) is 0 Å². The molecule has 0 atom stereocenters. The van der Waals surface area contributed by atoms with E-state index in [2.05, 4.69) is 0 Å². The lowest BCUT2D eigenvalue weighted by Crippen LogP contribution is -2.31. The van der Waals surface area contributed by atoms with Crippen molar-refractivity contribution in [2.45, 2.75) is 13.3 Å². The number of hydrogen-bond donors (Lipinski definition) is 0. The Kier molecular flexibility index (Phi) is 5.32. The second-order valence-electron chi connectivity index (χ2n) is 4.50. The summed E-state index contributed by atoms with van der Waals surface area (Å²) in [5, 5.41) is 0. The van der Waals surface area contributed by atoms with Crippen LogP contribution in [0.4, 0.5) is 10.1 Å². The molecule has 0 radical (unpaired) electrons. The zero-order valence-electron chi connectivity index (χ0n) is 12.0. The molecule has 3 nitrogen and oxygen atoms in total. The van der Waals surface area contributed by atoms with Crippen LogP contribution in [-0.4, -0.2) is 19.1 Å². The first-order valence-corrected chi connectivity index (χ1v) is 6.95. The first-order valence-electron chi connectivity index (χ1n) is 6.95. The maximum absolute atomic E-state index is 13.4. The van der Waals surface area contributed by atoms with Gasteiger partial charge in [-0.25, -0.2) is 4.39 Å². The highest BCUT2D eigenvalue weighted by atomic mass is 19.1. The lowest BCUT2D eigenvalue weighted by atomic mass is 10.2. The molecule has 0 N–H and O–H groups in total. The summed E-state index contributed by atoms with van der Waals surface area (Å²) < 4.78 is 18.7. The third kappa shape index (κ3) is 4.05. The fraction of sp³-hybridized carbons (Fsp3) is 0.235. The maximum atomic E-state index is 13.4. The molecule has 0 fully saturated rings. The van der Waals surface area contributed by atoms with E-state index in [1.54, 1.807) is 23.1 Å². The molecule has 0 aliphatic rings. The van der Waals surface area contributed by atoms with Gasteiger partial charge in [0.15, 0.2) is 11.6 Å². The van der Waals surface area contributed by atoms with Crippen molar-refractivity contribution in [3.05, 3.63) is 60.4 Å². The van der Waals surface area contributed by atoms with Gasteiger partial charge in [0.2, 0.25) is 5.91 Å². The lowest BCUT2D eigenvalue weighted by Gasteiger charge is -2.21. The van der Waals surface area contributed by atoms with Crippen LogP contribution in [-0.2, 0) is 4.79 Å². The molecule has 1 amide bonds. The zero-order valence-corrected chi connectivity index (χ0v) is 12.0. The number of ether oxygens (including phenoxy) is 1. The highest BCUT2D eigenvalue weighted by Gasteiger charge is 2.13. The predicted octanol–water partition coefficient (Wildman–Crippen LogP) is 3.65. The highest BCUT2D eigenvalue weighted by molar-refractivity contribution is 5.93. The summed E-state index contributed by atoms with van der Waals surface area (Å²) in [6.07, 6.45) is 0.205. The average Bonchev–Trinajstić information content (AvgIpc) is 2.51. The van der Waals surface area contributed by atoms with Crippen molar-refractivity contribution in [3.63, 3.8) is 0 Å². The number of amides is 1. The van der Waals surface area contributed by atoms with E-state index in [4.69, 9.17) is 4.74 Å². The van der Waals surface area contributed by atoms with E-state index >= 15 is 0 Å². The topological polar surface area (TPSA) is 29.5 Å². The molecule has 0 aliphatic heterocycles. The first-order chi connectivity index (χ1) is 10.2. The van der Waals surface area contributed by atoms with E-state index in [1.807, 2.05) is 37.3 Å². The molecule has 2 aromatic carbocycles. The van der Waals surface area contributed by atoms with Crippen LogP contribution in [0.3, 0.4) is 0 Å². The van der Waals surface area contributed by atoms with Gasteiger partial charge in [-0.05, 0) is 31.2 Å². The third-order valence-corrected chi connectivity index (χ3v) is 3.10. The van der Waals surface area contributed by atoms with Gasteiger partial charge in [-0.3, -0.25) is 4.79 Å². The lowest BCUT2D eigenvalue weighted by molar-refractivity contribution is -0.119. The Balaban J connectivity index is 1.90. The number of hydrogen-bond acceptors (Lipinski definition) is 2. The van der Waals surface area contributed by atoms with Gasteiger partial charge in [0, 0.05) is 12.2 Å². The van der Waals surface area contributed by atoms with Crippen molar-refractivity contribution in [2.75, 3.05) is 18.1 Å². The van der Waals surface area contributed by atoms with Crippen LogP contribution in [0.1, 0.15) is 13.3 Å². The molecule has 0 saturated heterocycles. The molecule has 0 saturated carbocycles. The van der Waals surface area contributed by atoms with E-state index in [0.717, 1.165) is 5.69 Å². The summed E-state index contributed by atoms with van der Waals surface area (Å²) in [5.74, 6) is -0.284. The molecular formula is C17H18FNO2. The molecular weight excluding hydrogens is 269 g/mol. The van der Waals surface area contributed by atoms with Crippen molar-refractivity contribution in [2.24, 2.45) is 0 Å². The van der Waals surface area contributed by atoms with E-state index in [1.165, 1.54) is 6.07 Å². The number of benzene rings is 2. The number of carbonyl (C=O) groups excluding carboxylic acids is 1. The summed E-state index contributed by atoms with van der Waals surface area (Å²) in [5.41, 5.74) is 0.857. The van der Waals surface area contributed by atoms with Gasteiger partial charge in [0.25, 0.3) is 0 Å². The summed E-state index contributed by atoms with van der Waals surface area (Å²) in [4.78, 5) is 13.9. The number of anilines is 1. The first kappa shape index (κ1) is 15.0. The molecule has 110 valence electrons. The Bertz CT molecular complexity index is 586. The fourth-order valence-electron chi connectivity index (χ4n) is 2.06. The van der Waals surface area contributed by atoms with E-state index in [0.29, 0.717) is 6.54 Å². The second kappa shape index (κ2) is 7.43. The Morgan fingerprint density at radius 3 is 2.43 bits per heavy atom. The van der Waals surface area contributed by atoms with Crippen LogP contribution in [0.25, 0.3) is 0 Å². The Hall–Kier alpha value is -2.36. The number of nitrogens with zero attached hydrogens (tertiary/aromatic N) is 1. The quantitative estimate of drug-likeness (QED) is 0.811. The Morgan fingerprint density at radius 1 is 1.10 bits per heavy atom. The monoisotopic (exact) mass is 287 g/mol. The third-order valence-electron chi connectivity index (χ3n) is 3.10. The number of rotatable bonds is 6. The molecule has 2 aromatic rings. The van der Waals surface area contributed by atoms with E-state index in [9.17, 15) is 9.18 Å². The van der Waals surface area contributed by atoms with Crippen LogP contribution in [0.5, 0.6) is 5.75 Å². The number of carbonyl (C=O) groups is 1. The summed E-state index contributed by atoms with van der Waals surface area (Å²) in [6.45, 7) is 2.66. The Labute approximate surface area is 124 Å². The van der Waals surface area contributed by atoms with Crippen LogP contribution in [0.2, 0.25) is 0 Å². The second-order valence-corrected chi connectivity index (χ2v) is 4.50. The number of halogens is 1. The van der Waals surface area contributed by atoms with Crippen molar-refractivity contribution in [1.29, 1.82) is 0 Å². The van der Waals surface area contributed by atoms with E-state index in [-0.39, 0.29) is 24.7 Å². The normalized spacial score (nSPS) is 10.2. The minimum absolute atomic E-state index is 0.0416. The molecule has 0 unspecified atom stereocenters. The minimum Gasteiger partial charge on any atom is -0.490 e. The predicted molar refractivity (Wildman–Crippen MR) is 81.0 cm³/mol. The smallest absolute Gasteiger partial charge is 0.230 e. The van der Waals surface area contributed by atoms with Gasteiger partial charge in [-0.1, -0.05) is 30.3 Å². The number of para-hydroxylation sites is 2. The molecule has 0 aromatic heterocycles. The summed E-state index contributed by atoms with van der Waals surface area (Å²) in [7, 11) is 0. The van der Waals surface area contributed by atoms with Crippen molar-refractivity contribution >= 4 is 11.6 Å². The maximum Gasteiger partial charge on any atom is 0.230 e. The van der Waals surface area contributed by atoms with Gasteiger partial charge in [-0.15, -0.1) is 0 Å². The molecule has 4 heteroatoms. The molecule has 2 rings (SSSR count). The van der Waals surface area contributed by atoms with Crippen LogP contribution >= 0.6 is 0 Å². The molecule has 0 aliphatic carbocycles. The Morgan fingerprint density at radius 2 is 1.76 bits per heavy atom. The van der Waals surface area contributed by atoms with Gasteiger partial charge < -0.3 is 9.64 Å². The van der Waals surface area contributed by atoms with Crippen molar-refractivity contribution < 1.29 is 13.9 Å². The highest BCUT2D eigenvalue weighted by Crippen LogP contribution is 2.17. The van der Waals surface area contributed by atoms with Crippen LogP contribution < -0.4 is 9.64 Å². The fourth-order valence-corrected chi connectivity index (χ4v) is 2.06. The summed E-state index contributed by atoms with van der Waals surface area (Å²) in [6, 6.07) is 15.6. The van der Waals surface area contributed by atoms with Crippen molar-refractivity contribution in [3.8, 4) is 5.75 Å². The van der Waals surface area contributed by atoms with Gasteiger partial charge in [0.1, 0.15) is 0 Å². The summed E-state index contributed by atoms with van der Waals surface area (Å²) >= 11 is 0. The van der Waals surface area contributed by atoms with Gasteiger partial charge in [0.05, 0.1) is 13.0 Å². The molecule has 0 heterocycles.